The number of hydrogen-bond donors (Lipinski definition) is 1. The molecule has 0 heterocycles. The first-order valence-corrected chi connectivity index (χ1v) is 3.56. The van der Waals surface area contributed by atoms with Crippen molar-refractivity contribution in [2.45, 2.75) is 0 Å². The van der Waals surface area contributed by atoms with Crippen LogP contribution in [0.3, 0.4) is 0 Å². The van der Waals surface area contributed by atoms with Gasteiger partial charge in [-0.2, -0.15) is 5.26 Å². The van der Waals surface area contributed by atoms with Crippen LogP contribution in [0.4, 0.5) is 4.39 Å². The zero-order chi connectivity index (χ0) is 10.0. The van der Waals surface area contributed by atoms with Gasteiger partial charge in [-0.25, -0.2) is 9.18 Å². The summed E-state index contributed by atoms with van der Waals surface area (Å²) < 4.78 is 12.7. The van der Waals surface area contributed by atoms with Gasteiger partial charge in [-0.15, -0.1) is 0 Å². The van der Waals surface area contributed by atoms with Crippen LogP contribution in [0.25, 0.3) is 0 Å². The Morgan fingerprint density at radius 2 is 2.23 bits per heavy atom. The van der Waals surface area contributed by atoms with E-state index < -0.39 is 17.3 Å². The lowest BCUT2D eigenvalue weighted by Crippen LogP contribution is -2.00. The Kier molecular flexibility index (Phi) is 2.49. The molecule has 0 atom stereocenters. The third kappa shape index (κ3) is 1.76. The zero-order valence-electron chi connectivity index (χ0n) is 6.21. The Morgan fingerprint density at radius 1 is 1.62 bits per heavy atom. The Labute approximate surface area is 78.0 Å². The van der Waals surface area contributed by atoms with Crippen LogP contribution in [0.15, 0.2) is 12.1 Å². The van der Waals surface area contributed by atoms with E-state index in [1.165, 1.54) is 0 Å². The summed E-state index contributed by atoms with van der Waals surface area (Å²) in [7, 11) is 0. The molecule has 3 nitrogen and oxygen atoms in total. The van der Waals surface area contributed by atoms with Gasteiger partial charge in [0.05, 0.1) is 16.1 Å². The Morgan fingerprint density at radius 3 is 2.69 bits per heavy atom. The molecule has 0 aliphatic heterocycles. The van der Waals surface area contributed by atoms with E-state index in [-0.39, 0.29) is 10.6 Å². The molecule has 0 aliphatic rings. The zero-order valence-corrected chi connectivity index (χ0v) is 6.97. The summed E-state index contributed by atoms with van der Waals surface area (Å²) in [4.78, 5) is 10.5. The fourth-order valence-corrected chi connectivity index (χ4v) is 1.06. The molecule has 66 valence electrons. The van der Waals surface area contributed by atoms with E-state index in [1.54, 1.807) is 6.07 Å². The Bertz CT molecular complexity index is 411. The molecule has 0 amide bonds. The summed E-state index contributed by atoms with van der Waals surface area (Å²) >= 11 is 5.51. The van der Waals surface area contributed by atoms with Crippen molar-refractivity contribution < 1.29 is 14.3 Å². The highest BCUT2D eigenvalue weighted by molar-refractivity contribution is 6.34. The lowest BCUT2D eigenvalue weighted by Gasteiger charge is -2.00. The van der Waals surface area contributed by atoms with Crippen molar-refractivity contribution in [3.63, 3.8) is 0 Å². The molecular formula is C8H3ClFNO2. The predicted octanol–water partition coefficient (Wildman–Crippen LogP) is 2.05. The number of hydrogen-bond acceptors (Lipinski definition) is 2. The van der Waals surface area contributed by atoms with Crippen molar-refractivity contribution in [1.82, 2.24) is 0 Å². The van der Waals surface area contributed by atoms with Gasteiger partial charge in [-0.1, -0.05) is 11.6 Å². The van der Waals surface area contributed by atoms with Crippen LogP contribution in [0.5, 0.6) is 0 Å². The molecule has 0 bridgehead atoms. The third-order valence-corrected chi connectivity index (χ3v) is 1.80. The van der Waals surface area contributed by atoms with Gasteiger partial charge in [0.2, 0.25) is 0 Å². The maximum absolute atomic E-state index is 12.7. The van der Waals surface area contributed by atoms with Gasteiger partial charge >= 0.3 is 5.97 Å². The minimum Gasteiger partial charge on any atom is -0.478 e. The summed E-state index contributed by atoms with van der Waals surface area (Å²) in [5.74, 6) is -2.15. The first kappa shape index (κ1) is 9.49. The molecule has 1 aromatic rings. The highest BCUT2D eigenvalue weighted by Crippen LogP contribution is 2.22. The van der Waals surface area contributed by atoms with Gasteiger partial charge in [0.1, 0.15) is 11.9 Å². The molecule has 13 heavy (non-hydrogen) atoms. The molecule has 0 aromatic heterocycles. The predicted molar refractivity (Wildman–Crippen MR) is 43.1 cm³/mol. The molecule has 0 unspecified atom stereocenters. The first-order chi connectivity index (χ1) is 6.06. The fraction of sp³-hybridized carbons (Fsp3) is 0. The molecule has 0 saturated carbocycles. The number of nitriles is 1. The maximum Gasteiger partial charge on any atom is 0.337 e. The summed E-state index contributed by atoms with van der Waals surface area (Å²) in [6.45, 7) is 0. The van der Waals surface area contributed by atoms with Crippen molar-refractivity contribution in [1.29, 1.82) is 5.26 Å². The van der Waals surface area contributed by atoms with E-state index in [0.29, 0.717) is 0 Å². The average molecular weight is 200 g/mol. The highest BCUT2D eigenvalue weighted by atomic mass is 35.5. The van der Waals surface area contributed by atoms with Gasteiger partial charge < -0.3 is 5.11 Å². The van der Waals surface area contributed by atoms with Gasteiger partial charge in [0.15, 0.2) is 0 Å². The number of halogens is 2. The molecule has 0 radical (unpaired) electrons. The van der Waals surface area contributed by atoms with E-state index in [0.717, 1.165) is 12.1 Å². The van der Waals surface area contributed by atoms with Crippen LogP contribution in [-0.4, -0.2) is 11.1 Å². The topological polar surface area (TPSA) is 61.1 Å². The summed E-state index contributed by atoms with van der Waals surface area (Å²) in [5, 5.41) is 16.8. The number of nitrogens with zero attached hydrogens (tertiary/aromatic N) is 1. The van der Waals surface area contributed by atoms with E-state index in [2.05, 4.69) is 0 Å². The van der Waals surface area contributed by atoms with Crippen molar-refractivity contribution in [2.75, 3.05) is 0 Å². The van der Waals surface area contributed by atoms with E-state index >= 15 is 0 Å². The van der Waals surface area contributed by atoms with Crippen LogP contribution >= 0.6 is 11.6 Å². The average Bonchev–Trinajstić information content (AvgIpc) is 2.08. The summed E-state index contributed by atoms with van der Waals surface area (Å²) in [5.41, 5.74) is -0.586. The molecule has 0 fully saturated rings. The number of carbonyl (C=O) groups is 1. The number of benzene rings is 1. The molecule has 0 spiro atoms. The maximum atomic E-state index is 12.7. The van der Waals surface area contributed by atoms with Gasteiger partial charge in [-0.3, -0.25) is 0 Å². The number of carboxylic acids is 1. The fourth-order valence-electron chi connectivity index (χ4n) is 0.826. The molecule has 1 N–H and O–H groups in total. The van der Waals surface area contributed by atoms with Crippen LogP contribution in [0.1, 0.15) is 15.9 Å². The van der Waals surface area contributed by atoms with Gasteiger partial charge in [0.25, 0.3) is 0 Å². The monoisotopic (exact) mass is 199 g/mol. The second-order valence-corrected chi connectivity index (χ2v) is 2.61. The summed E-state index contributed by atoms with van der Waals surface area (Å²) in [6, 6.07) is 3.25. The molecule has 0 aliphatic carbocycles. The molecule has 0 saturated heterocycles. The molecule has 5 heteroatoms. The number of carboxylic acid groups (broad SMARTS) is 1. The largest absolute Gasteiger partial charge is 0.478 e. The van der Waals surface area contributed by atoms with E-state index in [9.17, 15) is 9.18 Å². The van der Waals surface area contributed by atoms with Crippen LogP contribution in [0.2, 0.25) is 5.02 Å². The highest BCUT2D eigenvalue weighted by Gasteiger charge is 2.14. The molecule has 1 aromatic carbocycles. The minimum absolute atomic E-state index is 0.181. The number of aromatic carboxylic acids is 1. The smallest absolute Gasteiger partial charge is 0.337 e. The summed E-state index contributed by atoms with van der Waals surface area (Å²) in [6.07, 6.45) is 0. The van der Waals surface area contributed by atoms with Crippen LogP contribution < -0.4 is 0 Å². The number of rotatable bonds is 1. The normalized spacial score (nSPS) is 9.31. The van der Waals surface area contributed by atoms with Gasteiger partial charge in [-0.05, 0) is 12.1 Å². The lowest BCUT2D eigenvalue weighted by atomic mass is 10.1. The van der Waals surface area contributed by atoms with Crippen molar-refractivity contribution in [2.24, 2.45) is 0 Å². The second kappa shape index (κ2) is 3.42. The second-order valence-electron chi connectivity index (χ2n) is 2.23. The van der Waals surface area contributed by atoms with Crippen molar-refractivity contribution in [3.05, 3.63) is 34.1 Å². The SMILES string of the molecule is N#Cc1cc(F)cc(C(=O)O)c1Cl. The standard InChI is InChI=1S/C8H3ClFNO2/c9-7-4(3-11)1-5(10)2-6(7)8(12)13/h1-2H,(H,12,13). The van der Waals surface area contributed by atoms with Gasteiger partial charge in [0, 0.05) is 0 Å². The van der Waals surface area contributed by atoms with Crippen molar-refractivity contribution >= 4 is 17.6 Å². The lowest BCUT2D eigenvalue weighted by molar-refractivity contribution is 0.0696. The third-order valence-electron chi connectivity index (χ3n) is 1.39. The van der Waals surface area contributed by atoms with Crippen LogP contribution in [0, 0.1) is 17.1 Å². The van der Waals surface area contributed by atoms with E-state index in [1.807, 2.05) is 0 Å². The first-order valence-electron chi connectivity index (χ1n) is 3.18. The molecule has 1 rings (SSSR count). The Balaban J connectivity index is 3.47. The minimum atomic E-state index is -1.36. The van der Waals surface area contributed by atoms with Crippen molar-refractivity contribution in [3.8, 4) is 6.07 Å². The van der Waals surface area contributed by atoms with E-state index in [4.69, 9.17) is 22.0 Å². The van der Waals surface area contributed by atoms with Crippen LogP contribution in [-0.2, 0) is 0 Å². The molecular weight excluding hydrogens is 197 g/mol. The Hall–Kier alpha value is -1.60. The quantitative estimate of drug-likeness (QED) is 0.753.